The van der Waals surface area contributed by atoms with Crippen LogP contribution in [0.15, 0.2) is 55.0 Å². The van der Waals surface area contributed by atoms with Crippen molar-refractivity contribution in [3.8, 4) is 11.6 Å². The molecule has 0 saturated carbocycles. The average molecular weight is 444 g/mol. The van der Waals surface area contributed by atoms with E-state index in [1.165, 1.54) is 6.26 Å². The van der Waals surface area contributed by atoms with E-state index >= 15 is 0 Å². The normalized spacial score (nSPS) is 14.2. The summed E-state index contributed by atoms with van der Waals surface area (Å²) >= 11 is 12.6. The number of nitrogens with one attached hydrogen (secondary N) is 1. The number of aromatic nitrogens is 2. The molecule has 9 heteroatoms. The number of hydrogen-bond donors (Lipinski definition) is 1. The first-order chi connectivity index (χ1) is 14.5. The first kappa shape index (κ1) is 19.1. The zero-order chi connectivity index (χ0) is 20.8. The van der Waals surface area contributed by atoms with Gasteiger partial charge in [-0.1, -0.05) is 23.2 Å². The summed E-state index contributed by atoms with van der Waals surface area (Å²) in [5.41, 5.74) is 1.30. The molecule has 0 fully saturated rings. The molecule has 152 valence electrons. The third kappa shape index (κ3) is 3.35. The minimum absolute atomic E-state index is 0.223. The summed E-state index contributed by atoms with van der Waals surface area (Å²) in [7, 11) is 0. The fourth-order valence-corrected chi connectivity index (χ4v) is 4.14. The van der Waals surface area contributed by atoms with Crippen LogP contribution < -0.4 is 11.2 Å². The lowest BCUT2D eigenvalue weighted by atomic mass is 10.1. The van der Waals surface area contributed by atoms with Crippen molar-refractivity contribution in [2.45, 2.75) is 19.5 Å². The summed E-state index contributed by atoms with van der Waals surface area (Å²) < 4.78 is 10.7. The molecule has 4 aromatic rings. The lowest BCUT2D eigenvalue weighted by Gasteiger charge is -2.27. The van der Waals surface area contributed by atoms with Gasteiger partial charge in [0, 0.05) is 36.5 Å². The van der Waals surface area contributed by atoms with Gasteiger partial charge < -0.3 is 13.8 Å². The second kappa shape index (κ2) is 7.43. The lowest BCUT2D eigenvalue weighted by molar-refractivity contribution is 0.239. The number of halogens is 2. The van der Waals surface area contributed by atoms with Gasteiger partial charge in [-0.05, 0) is 30.3 Å². The highest BCUT2D eigenvalue weighted by Crippen LogP contribution is 2.29. The van der Waals surface area contributed by atoms with Crippen LogP contribution in [-0.4, -0.2) is 21.4 Å². The van der Waals surface area contributed by atoms with Crippen LogP contribution in [0.2, 0.25) is 10.0 Å². The molecule has 0 spiro atoms. The molecule has 1 aliphatic rings. The van der Waals surface area contributed by atoms with E-state index in [9.17, 15) is 9.59 Å². The maximum absolute atomic E-state index is 12.6. The largest absolute Gasteiger partial charge is 0.461 e. The minimum atomic E-state index is -0.499. The highest BCUT2D eigenvalue weighted by molar-refractivity contribution is 6.37. The number of hydrogen-bond acceptors (Lipinski definition) is 6. The van der Waals surface area contributed by atoms with Gasteiger partial charge in [-0.15, -0.1) is 0 Å². The van der Waals surface area contributed by atoms with Gasteiger partial charge in [-0.2, -0.15) is 0 Å². The molecule has 7 nitrogen and oxygen atoms in total. The van der Waals surface area contributed by atoms with Gasteiger partial charge in [0.15, 0.2) is 11.6 Å². The van der Waals surface area contributed by atoms with Crippen molar-refractivity contribution in [3.63, 3.8) is 0 Å². The Morgan fingerprint density at radius 3 is 2.87 bits per heavy atom. The minimum Gasteiger partial charge on any atom is -0.461 e. The van der Waals surface area contributed by atoms with Crippen molar-refractivity contribution in [3.05, 3.63) is 84.2 Å². The SMILES string of the molecule is O=c1[nH]c(-c2ccco2)nc2c1CN(Cc1c(Cl)c3cc(Cl)ccc3oc1=O)CC2. The van der Waals surface area contributed by atoms with E-state index in [1.54, 1.807) is 30.3 Å². The van der Waals surface area contributed by atoms with E-state index in [0.29, 0.717) is 63.2 Å². The van der Waals surface area contributed by atoms with Gasteiger partial charge in [0.1, 0.15) is 5.58 Å². The zero-order valence-electron chi connectivity index (χ0n) is 15.6. The van der Waals surface area contributed by atoms with E-state index < -0.39 is 5.63 Å². The summed E-state index contributed by atoms with van der Waals surface area (Å²) in [5.74, 6) is 0.920. The van der Waals surface area contributed by atoms with Crippen molar-refractivity contribution in [2.75, 3.05) is 6.54 Å². The molecule has 0 aliphatic carbocycles. The molecule has 3 aromatic heterocycles. The highest BCUT2D eigenvalue weighted by atomic mass is 35.5. The predicted octanol–water partition coefficient (Wildman–Crippen LogP) is 4.00. The number of rotatable bonds is 3. The van der Waals surface area contributed by atoms with Crippen LogP contribution in [0.3, 0.4) is 0 Å². The van der Waals surface area contributed by atoms with Gasteiger partial charge >= 0.3 is 5.63 Å². The van der Waals surface area contributed by atoms with Crippen molar-refractivity contribution in [2.24, 2.45) is 0 Å². The Bertz CT molecular complexity index is 1380. The van der Waals surface area contributed by atoms with Gasteiger partial charge in [0.05, 0.1) is 28.1 Å². The molecule has 30 heavy (non-hydrogen) atoms. The van der Waals surface area contributed by atoms with Crippen LogP contribution in [-0.2, 0) is 19.5 Å². The summed E-state index contributed by atoms with van der Waals surface area (Å²) in [5, 5.41) is 1.40. The number of fused-ring (bicyclic) bond motifs is 2. The molecular formula is C21H15Cl2N3O4. The molecule has 0 bridgehead atoms. The molecule has 0 radical (unpaired) electrons. The van der Waals surface area contributed by atoms with Crippen LogP contribution in [0.4, 0.5) is 0 Å². The smallest absolute Gasteiger partial charge is 0.342 e. The van der Waals surface area contributed by atoms with Crippen LogP contribution in [0.25, 0.3) is 22.6 Å². The topological polar surface area (TPSA) is 92.3 Å². The predicted molar refractivity (Wildman–Crippen MR) is 113 cm³/mol. The maximum Gasteiger partial charge on any atom is 0.342 e. The van der Waals surface area contributed by atoms with Gasteiger partial charge in [0.2, 0.25) is 0 Å². The second-order valence-corrected chi connectivity index (χ2v) is 7.91. The lowest BCUT2D eigenvalue weighted by Crippen LogP contribution is -2.36. The molecule has 0 unspecified atom stereocenters. The van der Waals surface area contributed by atoms with Gasteiger partial charge in [-0.3, -0.25) is 9.69 Å². The van der Waals surface area contributed by atoms with Crippen LogP contribution >= 0.6 is 23.2 Å². The third-order valence-electron chi connectivity index (χ3n) is 5.18. The molecule has 1 aromatic carbocycles. The second-order valence-electron chi connectivity index (χ2n) is 7.10. The first-order valence-corrected chi connectivity index (χ1v) is 10.0. The Labute approximate surface area is 179 Å². The van der Waals surface area contributed by atoms with Crippen molar-refractivity contribution >= 4 is 34.2 Å². The Kier molecular flexibility index (Phi) is 4.73. The summed E-state index contributed by atoms with van der Waals surface area (Å²) in [6.07, 6.45) is 2.10. The number of H-pyrrole nitrogens is 1. The van der Waals surface area contributed by atoms with Crippen molar-refractivity contribution in [1.29, 1.82) is 0 Å². The Hall–Kier alpha value is -2.87. The standard InChI is InChI=1S/C21H15Cl2N3O4/c22-11-3-4-16-12(8-11)18(23)14(21(28)30-16)10-26-6-5-15-13(9-26)20(27)25-19(24-15)17-2-1-7-29-17/h1-4,7-8H,5-6,9-10H2,(H,24,25,27). The quantitative estimate of drug-likeness (QED) is 0.481. The van der Waals surface area contributed by atoms with Crippen LogP contribution in [0.1, 0.15) is 16.8 Å². The van der Waals surface area contributed by atoms with E-state index in [0.717, 1.165) is 5.69 Å². The number of furan rings is 1. The Morgan fingerprint density at radius 2 is 2.07 bits per heavy atom. The van der Waals surface area contributed by atoms with Crippen LogP contribution in [0.5, 0.6) is 0 Å². The zero-order valence-corrected chi connectivity index (χ0v) is 17.1. The summed E-state index contributed by atoms with van der Waals surface area (Å²) in [6, 6.07) is 8.41. The first-order valence-electron chi connectivity index (χ1n) is 9.28. The Morgan fingerprint density at radius 1 is 1.20 bits per heavy atom. The van der Waals surface area contributed by atoms with E-state index in [1.807, 2.05) is 4.90 Å². The van der Waals surface area contributed by atoms with E-state index in [2.05, 4.69) is 9.97 Å². The fraction of sp³-hybridized carbons (Fsp3) is 0.190. The maximum atomic E-state index is 12.6. The Balaban J connectivity index is 1.46. The van der Waals surface area contributed by atoms with Crippen molar-refractivity contribution < 1.29 is 8.83 Å². The number of aromatic amines is 1. The molecule has 5 rings (SSSR count). The number of nitrogens with zero attached hydrogens (tertiary/aromatic N) is 2. The molecule has 0 amide bonds. The summed E-state index contributed by atoms with van der Waals surface area (Å²) in [4.78, 5) is 34.4. The fourth-order valence-electron chi connectivity index (χ4n) is 3.68. The molecule has 0 atom stereocenters. The van der Waals surface area contributed by atoms with E-state index in [-0.39, 0.29) is 12.1 Å². The molecule has 1 N–H and O–H groups in total. The molecule has 4 heterocycles. The van der Waals surface area contributed by atoms with Crippen molar-refractivity contribution in [1.82, 2.24) is 14.9 Å². The molecule has 0 saturated heterocycles. The van der Waals surface area contributed by atoms with E-state index in [4.69, 9.17) is 32.0 Å². The summed E-state index contributed by atoms with van der Waals surface area (Å²) in [6.45, 7) is 1.21. The third-order valence-corrected chi connectivity index (χ3v) is 5.84. The monoisotopic (exact) mass is 443 g/mol. The van der Waals surface area contributed by atoms with Crippen LogP contribution in [0, 0.1) is 0 Å². The molecule has 1 aliphatic heterocycles. The van der Waals surface area contributed by atoms with Gasteiger partial charge in [-0.25, -0.2) is 9.78 Å². The molecular weight excluding hydrogens is 429 g/mol. The van der Waals surface area contributed by atoms with Gasteiger partial charge in [0.25, 0.3) is 5.56 Å². The average Bonchev–Trinajstić information content (AvgIpc) is 3.27. The number of benzene rings is 1. The highest BCUT2D eigenvalue weighted by Gasteiger charge is 2.24.